The molecule has 12 nitrogen and oxygen atoms in total. The van der Waals surface area contributed by atoms with Crippen molar-refractivity contribution in [3.8, 4) is 22.6 Å². The van der Waals surface area contributed by atoms with Gasteiger partial charge >= 0.3 is 0 Å². The van der Waals surface area contributed by atoms with E-state index in [0.29, 0.717) is 66.5 Å². The Balaban J connectivity index is 0.924. The second-order valence-electron chi connectivity index (χ2n) is 17.0. The standard InChI is InChI=1S/C57H41N7O5/c1-3-12-32-14-6-10-19-47(32)60-57(69)45-28-34-21-24-41-40-17-8-11-20-48(40)58-50(41)49(34)52(55(45)67)64-62-36-23-26-39-38-25-22-35(29-42(38)53(65)43(39)30-36)61-63-51-37-16-7-5-15-33(37)27-44(54(51)66)56(68)59-46-18-9-4-13-31(46)2/h4-11,13-30,58,66-67H,3,12H2,1-2H3,(H,59,68)(H,60,69). The van der Waals surface area contributed by atoms with Gasteiger partial charge in [-0.3, -0.25) is 14.4 Å². The molecule has 0 saturated heterocycles. The summed E-state index contributed by atoms with van der Waals surface area (Å²) >= 11 is 0. The van der Waals surface area contributed by atoms with Crippen LogP contribution in [0.1, 0.15) is 61.1 Å². The number of carbonyl (C=O) groups excluding carboxylic acids is 3. The summed E-state index contributed by atoms with van der Waals surface area (Å²) < 4.78 is 0. The predicted molar refractivity (Wildman–Crippen MR) is 272 cm³/mol. The number of hydrogen-bond donors (Lipinski definition) is 5. The van der Waals surface area contributed by atoms with Crippen molar-refractivity contribution in [1.29, 1.82) is 0 Å². The first-order chi connectivity index (χ1) is 33.6. The van der Waals surface area contributed by atoms with Crippen LogP contribution in [0.25, 0.3) is 54.5 Å². The molecule has 69 heavy (non-hydrogen) atoms. The summed E-state index contributed by atoms with van der Waals surface area (Å²) in [6, 6.07) is 47.7. The van der Waals surface area contributed by atoms with Crippen LogP contribution in [0, 0.1) is 6.92 Å². The number of aromatic hydroxyl groups is 2. The molecule has 0 fully saturated rings. The van der Waals surface area contributed by atoms with E-state index >= 15 is 0 Å². The van der Waals surface area contributed by atoms with Crippen LogP contribution in [0.3, 0.4) is 0 Å². The third-order valence-electron chi connectivity index (χ3n) is 12.7. The van der Waals surface area contributed by atoms with Crippen LogP contribution in [0.4, 0.5) is 34.1 Å². The zero-order valence-electron chi connectivity index (χ0n) is 37.3. The van der Waals surface area contributed by atoms with Crippen molar-refractivity contribution in [3.05, 3.63) is 191 Å². The zero-order chi connectivity index (χ0) is 47.3. The van der Waals surface area contributed by atoms with Crippen LogP contribution in [-0.4, -0.2) is 32.8 Å². The molecular formula is C57H41N7O5. The van der Waals surface area contributed by atoms with Crippen molar-refractivity contribution >= 4 is 95.1 Å². The van der Waals surface area contributed by atoms with E-state index in [1.54, 1.807) is 60.7 Å². The quantitative estimate of drug-likeness (QED) is 0.0855. The first kappa shape index (κ1) is 42.4. The highest BCUT2D eigenvalue weighted by Crippen LogP contribution is 2.46. The number of aromatic nitrogens is 1. The number of ketones is 1. The highest BCUT2D eigenvalue weighted by Gasteiger charge is 2.28. The minimum atomic E-state index is -0.499. The number of anilines is 2. The maximum absolute atomic E-state index is 14.1. The fraction of sp³-hybridized carbons (Fsp3) is 0.0702. The van der Waals surface area contributed by atoms with Gasteiger partial charge in [0.2, 0.25) is 0 Å². The van der Waals surface area contributed by atoms with Crippen molar-refractivity contribution in [3.63, 3.8) is 0 Å². The molecule has 0 atom stereocenters. The van der Waals surface area contributed by atoms with E-state index in [9.17, 15) is 24.6 Å². The van der Waals surface area contributed by atoms with Gasteiger partial charge in [0.15, 0.2) is 17.3 Å². The van der Waals surface area contributed by atoms with Gasteiger partial charge in [0.05, 0.1) is 28.0 Å². The summed E-state index contributed by atoms with van der Waals surface area (Å²) in [7, 11) is 0. The van der Waals surface area contributed by atoms with E-state index in [0.717, 1.165) is 45.8 Å². The lowest BCUT2D eigenvalue weighted by Gasteiger charge is -2.14. The van der Waals surface area contributed by atoms with Gasteiger partial charge in [-0.05, 0) is 101 Å². The molecule has 10 aromatic rings. The Morgan fingerprint density at radius 1 is 0.551 bits per heavy atom. The maximum Gasteiger partial charge on any atom is 0.259 e. The SMILES string of the molecule is CCCc1ccccc1NC(=O)c1cc2ccc3c4ccccc4[nH]c3c2c(N=Nc2ccc3c(c2)C(=O)c2cc(N=Nc4c(O)c(C(=O)Nc5ccccc5C)cc5ccccc45)ccc2-3)c1O. The normalized spacial score (nSPS) is 12.2. The van der Waals surface area contributed by atoms with E-state index in [1.807, 2.05) is 104 Å². The number of nitrogens with one attached hydrogen (secondary N) is 3. The molecule has 0 aliphatic heterocycles. The molecule has 11 rings (SSSR count). The number of phenols is 2. The molecule has 1 heterocycles. The molecule has 0 bridgehead atoms. The van der Waals surface area contributed by atoms with E-state index in [4.69, 9.17) is 0 Å². The van der Waals surface area contributed by atoms with Crippen LogP contribution in [0.5, 0.6) is 11.5 Å². The Hall–Kier alpha value is -9.29. The van der Waals surface area contributed by atoms with Crippen molar-refractivity contribution in [2.24, 2.45) is 20.5 Å². The van der Waals surface area contributed by atoms with Crippen LogP contribution < -0.4 is 10.6 Å². The lowest BCUT2D eigenvalue weighted by molar-refractivity contribution is 0.101. The van der Waals surface area contributed by atoms with Gasteiger partial charge in [-0.15, -0.1) is 10.2 Å². The maximum atomic E-state index is 14.1. The van der Waals surface area contributed by atoms with Gasteiger partial charge in [-0.25, -0.2) is 0 Å². The molecule has 1 aliphatic rings. The summed E-state index contributed by atoms with van der Waals surface area (Å²) in [5, 5.41) is 52.0. The largest absolute Gasteiger partial charge is 0.505 e. The number of azo groups is 2. The predicted octanol–water partition coefficient (Wildman–Crippen LogP) is 14.8. The van der Waals surface area contributed by atoms with Crippen LogP contribution in [-0.2, 0) is 6.42 Å². The molecule has 5 N–H and O–H groups in total. The Bertz CT molecular complexity index is 3870. The Morgan fingerprint density at radius 3 is 1.84 bits per heavy atom. The number of aryl methyl sites for hydroxylation is 2. The number of hydrogen-bond acceptors (Lipinski definition) is 9. The average molecular weight is 904 g/mol. The number of amides is 2. The second kappa shape index (κ2) is 17.2. The van der Waals surface area contributed by atoms with Crippen molar-refractivity contribution in [2.45, 2.75) is 26.7 Å². The molecule has 0 spiro atoms. The molecule has 0 radical (unpaired) electrons. The molecule has 1 aliphatic carbocycles. The zero-order valence-corrected chi connectivity index (χ0v) is 37.3. The number of rotatable bonds is 10. The number of aromatic amines is 1. The smallest absolute Gasteiger partial charge is 0.259 e. The number of H-pyrrole nitrogens is 1. The Kier molecular flexibility index (Phi) is 10.5. The summed E-state index contributed by atoms with van der Waals surface area (Å²) in [6.45, 7) is 3.96. The molecule has 12 heteroatoms. The van der Waals surface area contributed by atoms with Gasteiger partial charge < -0.3 is 25.8 Å². The second-order valence-corrected chi connectivity index (χ2v) is 17.0. The lowest BCUT2D eigenvalue weighted by Crippen LogP contribution is -2.13. The molecule has 9 aromatic carbocycles. The number of carbonyl (C=O) groups is 3. The van der Waals surface area contributed by atoms with E-state index < -0.39 is 11.8 Å². The van der Waals surface area contributed by atoms with Gasteiger partial charge in [0, 0.05) is 49.6 Å². The first-order valence-electron chi connectivity index (χ1n) is 22.5. The molecule has 0 saturated carbocycles. The van der Waals surface area contributed by atoms with Crippen LogP contribution in [0.15, 0.2) is 178 Å². The minimum absolute atomic E-state index is 0.0329. The molecule has 334 valence electrons. The number of fused-ring (bicyclic) bond motifs is 9. The third kappa shape index (κ3) is 7.50. The van der Waals surface area contributed by atoms with E-state index in [-0.39, 0.29) is 39.8 Å². The van der Waals surface area contributed by atoms with Crippen LogP contribution in [0.2, 0.25) is 0 Å². The lowest BCUT2D eigenvalue weighted by atomic mass is 9.99. The third-order valence-corrected chi connectivity index (χ3v) is 12.7. The molecule has 1 aromatic heterocycles. The first-order valence-corrected chi connectivity index (χ1v) is 22.5. The number of phenolic OH excluding ortho intramolecular Hbond substituents is 2. The monoisotopic (exact) mass is 903 g/mol. The average Bonchev–Trinajstić information content (AvgIpc) is 3.88. The number of nitrogens with zero attached hydrogens (tertiary/aromatic N) is 4. The summed E-state index contributed by atoms with van der Waals surface area (Å²) in [5.74, 6) is -1.92. The summed E-state index contributed by atoms with van der Waals surface area (Å²) in [5.41, 5.74) is 7.95. The number of para-hydroxylation sites is 3. The van der Waals surface area contributed by atoms with E-state index in [1.165, 1.54) is 0 Å². The highest BCUT2D eigenvalue weighted by atomic mass is 16.3. The molecular weight excluding hydrogens is 863 g/mol. The Labute approximate surface area is 394 Å². The van der Waals surface area contributed by atoms with Crippen molar-refractivity contribution < 1.29 is 24.6 Å². The molecule has 0 unspecified atom stereocenters. The van der Waals surface area contributed by atoms with Gasteiger partial charge in [0.1, 0.15) is 11.4 Å². The van der Waals surface area contributed by atoms with Gasteiger partial charge in [-0.1, -0.05) is 116 Å². The van der Waals surface area contributed by atoms with E-state index in [2.05, 4.69) is 43.0 Å². The Morgan fingerprint density at radius 2 is 1.13 bits per heavy atom. The summed E-state index contributed by atoms with van der Waals surface area (Å²) in [4.78, 5) is 45.2. The topological polar surface area (TPSA) is 181 Å². The molecule has 2 amide bonds. The fourth-order valence-corrected chi connectivity index (χ4v) is 9.26. The highest BCUT2D eigenvalue weighted by molar-refractivity contribution is 6.24. The van der Waals surface area contributed by atoms with Crippen molar-refractivity contribution in [1.82, 2.24) is 4.98 Å². The minimum Gasteiger partial charge on any atom is -0.505 e. The van der Waals surface area contributed by atoms with Gasteiger partial charge in [-0.2, -0.15) is 10.2 Å². The van der Waals surface area contributed by atoms with Gasteiger partial charge in [0.25, 0.3) is 11.8 Å². The van der Waals surface area contributed by atoms with Crippen LogP contribution >= 0.6 is 0 Å². The fourth-order valence-electron chi connectivity index (χ4n) is 9.26. The number of benzene rings is 9. The van der Waals surface area contributed by atoms with Crippen molar-refractivity contribution in [2.75, 3.05) is 10.6 Å². The summed E-state index contributed by atoms with van der Waals surface area (Å²) in [6.07, 6.45) is 1.67.